The van der Waals surface area contributed by atoms with Crippen LogP contribution in [0.2, 0.25) is 5.02 Å². The molecule has 0 aliphatic heterocycles. The van der Waals surface area contributed by atoms with Crippen molar-refractivity contribution < 1.29 is 18.0 Å². The Bertz CT molecular complexity index is 1700. The van der Waals surface area contributed by atoms with Crippen LogP contribution in [0.25, 0.3) is 0 Å². The lowest BCUT2D eigenvalue weighted by atomic mass is 10.0. The standard InChI is InChI=1S/C35H37BrClN3O4S/c1-3-4-20-38-35(42)33(22-27-12-7-5-8-13-27)39(24-28-14-11-15-29(36)21-28)34(41)25-40(30-19-18-26(2)32(37)23-30)45(43,44)31-16-9-6-10-17-31/h5-19,21,23,33H,3-4,20,22,24-25H2,1-2H3,(H,38,42)/t33-/m1/s1. The normalized spacial score (nSPS) is 11.9. The van der Waals surface area contributed by atoms with Crippen LogP contribution in [0.1, 0.15) is 36.5 Å². The number of sulfonamides is 1. The molecule has 0 aliphatic carbocycles. The number of benzene rings is 4. The van der Waals surface area contributed by atoms with Gasteiger partial charge in [-0.3, -0.25) is 13.9 Å². The molecular formula is C35H37BrClN3O4S. The van der Waals surface area contributed by atoms with Crippen LogP contribution >= 0.6 is 27.5 Å². The summed E-state index contributed by atoms with van der Waals surface area (Å²) in [6.45, 7) is 3.87. The molecule has 10 heteroatoms. The van der Waals surface area contributed by atoms with Gasteiger partial charge in [-0.25, -0.2) is 8.42 Å². The molecule has 0 saturated heterocycles. The van der Waals surface area contributed by atoms with Gasteiger partial charge in [0.05, 0.1) is 10.6 Å². The number of rotatable bonds is 14. The Morgan fingerprint density at radius 3 is 2.20 bits per heavy atom. The lowest BCUT2D eigenvalue weighted by Crippen LogP contribution is -2.53. The smallest absolute Gasteiger partial charge is 0.264 e. The van der Waals surface area contributed by atoms with E-state index in [0.717, 1.165) is 38.3 Å². The summed E-state index contributed by atoms with van der Waals surface area (Å²) in [4.78, 5) is 29.8. The van der Waals surface area contributed by atoms with E-state index in [9.17, 15) is 18.0 Å². The number of unbranched alkanes of at least 4 members (excludes halogenated alkanes) is 1. The average Bonchev–Trinajstić information content (AvgIpc) is 3.03. The second-order valence-corrected chi connectivity index (χ2v) is 13.9. The molecule has 4 aromatic rings. The summed E-state index contributed by atoms with van der Waals surface area (Å²) in [5.74, 6) is -0.829. The van der Waals surface area contributed by atoms with Crippen molar-refractivity contribution in [3.63, 3.8) is 0 Å². The van der Waals surface area contributed by atoms with Crippen molar-refractivity contribution in [2.45, 2.75) is 50.6 Å². The van der Waals surface area contributed by atoms with E-state index < -0.39 is 28.5 Å². The Kier molecular flexibility index (Phi) is 12.2. The molecule has 0 saturated carbocycles. The van der Waals surface area contributed by atoms with E-state index in [4.69, 9.17) is 11.6 Å². The van der Waals surface area contributed by atoms with Gasteiger partial charge < -0.3 is 10.2 Å². The summed E-state index contributed by atoms with van der Waals surface area (Å²) in [7, 11) is -4.20. The van der Waals surface area contributed by atoms with Crippen LogP contribution < -0.4 is 9.62 Å². The highest BCUT2D eigenvalue weighted by Crippen LogP contribution is 2.29. The summed E-state index contributed by atoms with van der Waals surface area (Å²) >= 11 is 9.95. The first-order valence-corrected chi connectivity index (χ1v) is 17.4. The molecule has 0 fully saturated rings. The summed E-state index contributed by atoms with van der Waals surface area (Å²) in [5, 5.41) is 3.37. The molecule has 236 valence electrons. The Morgan fingerprint density at radius 2 is 1.56 bits per heavy atom. The predicted octanol–water partition coefficient (Wildman–Crippen LogP) is 7.16. The van der Waals surface area contributed by atoms with Crippen molar-refractivity contribution >= 4 is 55.1 Å². The molecule has 45 heavy (non-hydrogen) atoms. The molecule has 1 N–H and O–H groups in total. The second-order valence-electron chi connectivity index (χ2n) is 10.8. The Hall–Kier alpha value is -3.66. The minimum absolute atomic E-state index is 0.0335. The molecule has 2 amide bonds. The molecule has 4 rings (SSSR count). The van der Waals surface area contributed by atoms with E-state index in [2.05, 4.69) is 21.2 Å². The van der Waals surface area contributed by atoms with Crippen molar-refractivity contribution in [3.05, 3.63) is 129 Å². The first kappa shape index (κ1) is 34.2. The van der Waals surface area contributed by atoms with Gasteiger partial charge in [-0.2, -0.15) is 0 Å². The number of amides is 2. The third kappa shape index (κ3) is 9.19. The fourth-order valence-corrected chi connectivity index (χ4v) is 6.93. The van der Waals surface area contributed by atoms with E-state index in [-0.39, 0.29) is 29.5 Å². The molecule has 0 bridgehead atoms. The Morgan fingerprint density at radius 1 is 0.889 bits per heavy atom. The number of nitrogens with zero attached hydrogens (tertiary/aromatic N) is 2. The Labute approximate surface area is 279 Å². The predicted molar refractivity (Wildman–Crippen MR) is 184 cm³/mol. The fraction of sp³-hybridized carbons (Fsp3) is 0.257. The van der Waals surface area contributed by atoms with Gasteiger partial charge in [0.25, 0.3) is 10.0 Å². The fourth-order valence-electron chi connectivity index (χ4n) is 4.88. The third-order valence-corrected chi connectivity index (χ3v) is 10.1. The molecule has 0 radical (unpaired) electrons. The summed E-state index contributed by atoms with van der Waals surface area (Å²) < 4.78 is 30.1. The number of carbonyl (C=O) groups is 2. The maximum Gasteiger partial charge on any atom is 0.264 e. The topological polar surface area (TPSA) is 86.8 Å². The summed E-state index contributed by atoms with van der Waals surface area (Å²) in [5.41, 5.74) is 2.68. The third-order valence-electron chi connectivity index (χ3n) is 7.40. The summed E-state index contributed by atoms with van der Waals surface area (Å²) in [6.07, 6.45) is 1.94. The number of nitrogens with one attached hydrogen (secondary N) is 1. The molecule has 0 heterocycles. The molecule has 0 unspecified atom stereocenters. The van der Waals surface area contributed by atoms with Gasteiger partial charge in [0.2, 0.25) is 11.8 Å². The van der Waals surface area contributed by atoms with Gasteiger partial charge >= 0.3 is 0 Å². The molecule has 0 aliphatic rings. The van der Waals surface area contributed by atoms with Crippen LogP contribution in [0.5, 0.6) is 0 Å². The number of anilines is 1. The Balaban J connectivity index is 1.80. The molecule has 0 aromatic heterocycles. The minimum atomic E-state index is -4.20. The van der Waals surface area contributed by atoms with Crippen molar-refractivity contribution in [2.75, 3.05) is 17.4 Å². The van der Waals surface area contributed by atoms with E-state index >= 15 is 0 Å². The monoisotopic (exact) mass is 709 g/mol. The highest BCUT2D eigenvalue weighted by atomic mass is 79.9. The lowest BCUT2D eigenvalue weighted by Gasteiger charge is -2.34. The molecule has 4 aromatic carbocycles. The van der Waals surface area contributed by atoms with Crippen LogP contribution in [0.4, 0.5) is 5.69 Å². The van der Waals surface area contributed by atoms with Crippen molar-refractivity contribution in [3.8, 4) is 0 Å². The number of hydrogen-bond donors (Lipinski definition) is 1. The maximum absolute atomic E-state index is 14.5. The highest BCUT2D eigenvalue weighted by molar-refractivity contribution is 9.10. The minimum Gasteiger partial charge on any atom is -0.354 e. The molecule has 7 nitrogen and oxygen atoms in total. The van der Waals surface area contributed by atoms with Crippen molar-refractivity contribution in [1.82, 2.24) is 10.2 Å². The van der Waals surface area contributed by atoms with Gasteiger partial charge in [0.15, 0.2) is 0 Å². The average molecular weight is 711 g/mol. The van der Waals surface area contributed by atoms with Gasteiger partial charge in [0, 0.05) is 29.0 Å². The summed E-state index contributed by atoms with van der Waals surface area (Å²) in [6, 6.07) is 28.9. The first-order chi connectivity index (χ1) is 21.6. The van der Waals surface area contributed by atoms with Crippen LogP contribution in [0.15, 0.2) is 112 Å². The van der Waals surface area contributed by atoms with Crippen LogP contribution in [-0.4, -0.2) is 44.3 Å². The molecule has 0 spiro atoms. The van der Waals surface area contributed by atoms with Crippen LogP contribution in [0.3, 0.4) is 0 Å². The van der Waals surface area contributed by atoms with E-state index in [1.165, 1.54) is 17.0 Å². The maximum atomic E-state index is 14.5. The zero-order valence-corrected chi connectivity index (χ0v) is 28.5. The largest absolute Gasteiger partial charge is 0.354 e. The molecule has 1 atom stereocenters. The quantitative estimate of drug-likeness (QED) is 0.141. The number of aryl methyl sites for hydroxylation is 1. The van der Waals surface area contributed by atoms with Crippen molar-refractivity contribution in [2.24, 2.45) is 0 Å². The van der Waals surface area contributed by atoms with Gasteiger partial charge in [-0.1, -0.05) is 108 Å². The zero-order valence-electron chi connectivity index (χ0n) is 25.3. The lowest BCUT2D eigenvalue weighted by molar-refractivity contribution is -0.140. The molecular weight excluding hydrogens is 674 g/mol. The van der Waals surface area contributed by atoms with Crippen LogP contribution in [0, 0.1) is 6.92 Å². The van der Waals surface area contributed by atoms with E-state index in [1.807, 2.05) is 68.4 Å². The second kappa shape index (κ2) is 16.1. The van der Waals surface area contributed by atoms with Crippen LogP contribution in [-0.2, 0) is 32.6 Å². The zero-order chi connectivity index (χ0) is 32.4. The van der Waals surface area contributed by atoms with E-state index in [0.29, 0.717) is 11.6 Å². The SMILES string of the molecule is CCCCNC(=O)[C@@H](Cc1ccccc1)N(Cc1cccc(Br)c1)C(=O)CN(c1ccc(C)c(Cl)c1)S(=O)(=O)c1ccccc1. The van der Waals surface area contributed by atoms with Gasteiger partial charge in [-0.05, 0) is 66.4 Å². The van der Waals surface area contributed by atoms with E-state index in [1.54, 1.807) is 36.4 Å². The number of halogens is 2. The van der Waals surface area contributed by atoms with Gasteiger partial charge in [-0.15, -0.1) is 0 Å². The highest BCUT2D eigenvalue weighted by Gasteiger charge is 2.34. The first-order valence-electron chi connectivity index (χ1n) is 14.8. The van der Waals surface area contributed by atoms with Crippen molar-refractivity contribution in [1.29, 1.82) is 0 Å². The van der Waals surface area contributed by atoms with Gasteiger partial charge in [0.1, 0.15) is 12.6 Å². The number of hydrogen-bond acceptors (Lipinski definition) is 4. The number of carbonyl (C=O) groups excluding carboxylic acids is 2.